The summed E-state index contributed by atoms with van der Waals surface area (Å²) in [7, 11) is 5.06. The maximum atomic E-state index is 11.5. The smallest absolute Gasteiger partial charge is 0.259 e. The van der Waals surface area contributed by atoms with Crippen LogP contribution in [0.5, 0.6) is 5.75 Å². The van der Waals surface area contributed by atoms with Gasteiger partial charge >= 0.3 is 0 Å². The van der Waals surface area contributed by atoms with Crippen LogP contribution in [0.2, 0.25) is 0 Å². The van der Waals surface area contributed by atoms with Gasteiger partial charge < -0.3 is 19.7 Å². The monoisotopic (exact) mass is 281 g/mol. The van der Waals surface area contributed by atoms with E-state index in [4.69, 9.17) is 9.47 Å². The molecule has 1 N–H and O–H groups in total. The summed E-state index contributed by atoms with van der Waals surface area (Å²) in [6.45, 7) is 3.90. The molecule has 0 fully saturated rings. The molecule has 0 saturated heterocycles. The lowest BCUT2D eigenvalue weighted by Crippen LogP contribution is -2.28. The van der Waals surface area contributed by atoms with Crippen molar-refractivity contribution in [1.82, 2.24) is 15.2 Å². The second-order valence-electron chi connectivity index (χ2n) is 4.64. The Kier molecular flexibility index (Phi) is 6.97. The highest BCUT2D eigenvalue weighted by Crippen LogP contribution is 2.16. The average molecular weight is 281 g/mol. The first-order valence-electron chi connectivity index (χ1n) is 6.53. The van der Waals surface area contributed by atoms with Crippen LogP contribution in [-0.4, -0.2) is 56.8 Å². The van der Waals surface area contributed by atoms with Gasteiger partial charge in [0.25, 0.3) is 5.91 Å². The minimum atomic E-state index is -0.0798. The number of nitrogens with zero attached hydrogens (tertiary/aromatic N) is 2. The molecule has 20 heavy (non-hydrogen) atoms. The van der Waals surface area contributed by atoms with Crippen LogP contribution >= 0.6 is 0 Å². The van der Waals surface area contributed by atoms with Gasteiger partial charge in [0.1, 0.15) is 5.75 Å². The summed E-state index contributed by atoms with van der Waals surface area (Å²) in [5, 5.41) is 3.22. The first-order valence-corrected chi connectivity index (χ1v) is 6.53. The Balaban J connectivity index is 2.62. The number of aryl methyl sites for hydroxylation is 1. The third kappa shape index (κ3) is 5.54. The highest BCUT2D eigenvalue weighted by Gasteiger charge is 2.09. The fourth-order valence-electron chi connectivity index (χ4n) is 1.51. The molecule has 0 bridgehead atoms. The number of hydrogen-bond donors (Lipinski definition) is 1. The number of rotatable bonds is 8. The van der Waals surface area contributed by atoms with Crippen molar-refractivity contribution in [3.05, 3.63) is 23.5 Å². The molecule has 0 radical (unpaired) electrons. The predicted octanol–water partition coefficient (Wildman–Crippen LogP) is 0.593. The quantitative estimate of drug-likeness (QED) is 0.707. The van der Waals surface area contributed by atoms with Gasteiger partial charge in [-0.3, -0.25) is 9.78 Å². The van der Waals surface area contributed by atoms with Gasteiger partial charge in [0.05, 0.1) is 12.3 Å². The molecule has 1 amide bonds. The summed E-state index contributed by atoms with van der Waals surface area (Å²) >= 11 is 0. The maximum Gasteiger partial charge on any atom is 0.259 e. The Bertz CT molecular complexity index is 436. The van der Waals surface area contributed by atoms with Gasteiger partial charge in [-0.2, -0.15) is 0 Å². The van der Waals surface area contributed by atoms with E-state index in [-0.39, 0.29) is 12.5 Å². The van der Waals surface area contributed by atoms with Crippen LogP contribution in [0.15, 0.2) is 12.1 Å². The number of nitrogens with one attached hydrogen (secondary N) is 1. The molecule has 6 nitrogen and oxygen atoms in total. The Hall–Kier alpha value is -1.66. The number of hydrogen-bond acceptors (Lipinski definition) is 5. The minimum Gasteiger partial charge on any atom is -0.482 e. The van der Waals surface area contributed by atoms with Crippen LogP contribution in [0.3, 0.4) is 0 Å². The second-order valence-corrected chi connectivity index (χ2v) is 4.64. The van der Waals surface area contributed by atoms with Gasteiger partial charge in [-0.25, -0.2) is 0 Å². The van der Waals surface area contributed by atoms with Gasteiger partial charge in [-0.05, 0) is 19.1 Å². The molecule has 0 saturated carbocycles. The predicted molar refractivity (Wildman–Crippen MR) is 76.7 cm³/mol. The van der Waals surface area contributed by atoms with Gasteiger partial charge in [0.2, 0.25) is 0 Å². The van der Waals surface area contributed by atoms with Crippen LogP contribution in [0, 0.1) is 6.92 Å². The lowest BCUT2D eigenvalue weighted by molar-refractivity contribution is -0.130. The van der Waals surface area contributed by atoms with E-state index in [9.17, 15) is 4.79 Å². The molecule has 0 spiro atoms. The second kappa shape index (κ2) is 8.50. The lowest BCUT2D eigenvalue weighted by Gasteiger charge is -2.14. The van der Waals surface area contributed by atoms with Crippen molar-refractivity contribution in [1.29, 1.82) is 0 Å². The van der Waals surface area contributed by atoms with Gasteiger partial charge in [0.15, 0.2) is 6.61 Å². The van der Waals surface area contributed by atoms with E-state index in [1.807, 2.05) is 19.1 Å². The fourth-order valence-corrected chi connectivity index (χ4v) is 1.51. The molecule has 1 aromatic rings. The number of aromatic nitrogens is 1. The summed E-state index contributed by atoms with van der Waals surface area (Å²) in [4.78, 5) is 17.5. The van der Waals surface area contributed by atoms with Crippen LogP contribution in [0.4, 0.5) is 0 Å². The zero-order valence-corrected chi connectivity index (χ0v) is 12.6. The number of carbonyl (C=O) groups is 1. The molecule has 0 unspecified atom stereocenters. The van der Waals surface area contributed by atoms with Crippen molar-refractivity contribution in [3.8, 4) is 5.75 Å². The van der Waals surface area contributed by atoms with Gasteiger partial charge in [0, 0.05) is 40.0 Å². The van der Waals surface area contributed by atoms with E-state index in [0.29, 0.717) is 18.9 Å². The summed E-state index contributed by atoms with van der Waals surface area (Å²) in [5.41, 5.74) is 1.72. The molecule has 1 aromatic heterocycles. The largest absolute Gasteiger partial charge is 0.482 e. The summed E-state index contributed by atoms with van der Waals surface area (Å²) < 4.78 is 10.5. The summed E-state index contributed by atoms with van der Waals surface area (Å²) in [5.74, 6) is 0.555. The Labute approximate surface area is 120 Å². The summed E-state index contributed by atoms with van der Waals surface area (Å²) in [6.07, 6.45) is 0. The number of ether oxygens (including phenoxy) is 2. The zero-order chi connectivity index (χ0) is 15.0. The Morgan fingerprint density at radius 1 is 1.40 bits per heavy atom. The van der Waals surface area contributed by atoms with E-state index in [1.165, 1.54) is 4.90 Å². The Morgan fingerprint density at radius 3 is 2.80 bits per heavy atom. The molecule has 1 rings (SSSR count). The molecule has 6 heteroatoms. The molecular formula is C14H23N3O3. The van der Waals surface area contributed by atoms with Gasteiger partial charge in [-0.15, -0.1) is 0 Å². The van der Waals surface area contributed by atoms with Crippen molar-refractivity contribution >= 4 is 5.91 Å². The number of carbonyl (C=O) groups excluding carboxylic acids is 1. The van der Waals surface area contributed by atoms with Crippen molar-refractivity contribution in [2.24, 2.45) is 0 Å². The lowest BCUT2D eigenvalue weighted by atomic mass is 10.3. The van der Waals surface area contributed by atoms with E-state index in [2.05, 4.69) is 10.3 Å². The van der Waals surface area contributed by atoms with E-state index in [1.54, 1.807) is 21.2 Å². The fraction of sp³-hybridized carbons (Fsp3) is 0.571. The van der Waals surface area contributed by atoms with E-state index >= 15 is 0 Å². The highest BCUT2D eigenvalue weighted by atomic mass is 16.5. The molecule has 1 heterocycles. The number of pyridine rings is 1. The molecule has 0 atom stereocenters. The summed E-state index contributed by atoms with van der Waals surface area (Å²) in [6, 6.07) is 3.72. The topological polar surface area (TPSA) is 63.7 Å². The van der Waals surface area contributed by atoms with Crippen molar-refractivity contribution in [3.63, 3.8) is 0 Å². The molecule has 0 aliphatic rings. The third-order valence-electron chi connectivity index (χ3n) is 2.70. The molecule has 0 aliphatic carbocycles. The standard InChI is InChI=1S/C14H23N3O3/c1-11-5-6-13(20-10-14(18)17(2)3)12(16-11)9-15-7-8-19-4/h5-6,15H,7-10H2,1-4H3. The molecule has 0 aromatic carbocycles. The minimum absolute atomic E-state index is 0.0167. The molecular weight excluding hydrogens is 258 g/mol. The average Bonchev–Trinajstić information content (AvgIpc) is 2.42. The first kappa shape index (κ1) is 16.4. The number of likely N-dealkylation sites (N-methyl/N-ethyl adjacent to an activating group) is 1. The number of methoxy groups -OCH3 is 1. The third-order valence-corrected chi connectivity index (χ3v) is 2.70. The normalized spacial score (nSPS) is 10.4. The van der Waals surface area contributed by atoms with Crippen LogP contribution in [0.25, 0.3) is 0 Å². The SMILES string of the molecule is COCCNCc1nc(C)ccc1OCC(=O)N(C)C. The first-order chi connectivity index (χ1) is 9.54. The van der Waals surface area contributed by atoms with Crippen LogP contribution in [-0.2, 0) is 16.1 Å². The van der Waals surface area contributed by atoms with Gasteiger partial charge in [-0.1, -0.05) is 0 Å². The van der Waals surface area contributed by atoms with Crippen molar-refractivity contribution < 1.29 is 14.3 Å². The molecule has 112 valence electrons. The zero-order valence-electron chi connectivity index (χ0n) is 12.6. The number of amides is 1. The van der Waals surface area contributed by atoms with E-state index < -0.39 is 0 Å². The van der Waals surface area contributed by atoms with E-state index in [0.717, 1.165) is 17.9 Å². The maximum absolute atomic E-state index is 11.5. The highest BCUT2D eigenvalue weighted by molar-refractivity contribution is 5.77. The van der Waals surface area contributed by atoms with Crippen LogP contribution < -0.4 is 10.1 Å². The molecule has 0 aliphatic heterocycles. The van der Waals surface area contributed by atoms with Crippen molar-refractivity contribution in [2.45, 2.75) is 13.5 Å². The van der Waals surface area contributed by atoms with Crippen molar-refractivity contribution in [2.75, 3.05) is 41.0 Å². The Morgan fingerprint density at radius 2 is 2.15 bits per heavy atom. The van der Waals surface area contributed by atoms with Crippen LogP contribution in [0.1, 0.15) is 11.4 Å².